The molecule has 21 heavy (non-hydrogen) atoms. The van der Waals surface area contributed by atoms with E-state index in [0.717, 1.165) is 18.9 Å². The summed E-state index contributed by atoms with van der Waals surface area (Å²) >= 11 is 5.62. The van der Waals surface area contributed by atoms with Gasteiger partial charge in [0, 0.05) is 5.92 Å². The summed E-state index contributed by atoms with van der Waals surface area (Å²) in [6.45, 7) is 0. The number of aromatic nitrogens is 2. The van der Waals surface area contributed by atoms with Gasteiger partial charge in [0.25, 0.3) is 5.95 Å². The molecule has 6 nitrogen and oxygen atoms in total. The maximum absolute atomic E-state index is 13.0. The largest absolute Gasteiger partial charge is 0.337 e. The lowest BCUT2D eigenvalue weighted by molar-refractivity contribution is 0.380. The first kappa shape index (κ1) is 14.3. The lowest BCUT2D eigenvalue weighted by atomic mass is 10.2. The van der Waals surface area contributed by atoms with Crippen molar-refractivity contribution < 1.29 is 17.3 Å². The van der Waals surface area contributed by atoms with Gasteiger partial charge in [-0.25, -0.2) is 17.5 Å². The zero-order chi connectivity index (χ0) is 15.0. The average molecular weight is 332 g/mol. The van der Waals surface area contributed by atoms with Crippen LogP contribution < -0.4 is 4.72 Å². The summed E-state index contributed by atoms with van der Waals surface area (Å²) in [5, 5.41) is 3.45. The predicted molar refractivity (Wildman–Crippen MR) is 73.9 cm³/mol. The van der Waals surface area contributed by atoms with Crippen molar-refractivity contribution in [2.75, 3.05) is 4.72 Å². The Balaban J connectivity index is 1.71. The first-order valence-electron chi connectivity index (χ1n) is 6.21. The first-order valence-corrected chi connectivity index (χ1v) is 8.24. The van der Waals surface area contributed by atoms with E-state index in [1.807, 2.05) is 0 Å². The van der Waals surface area contributed by atoms with Gasteiger partial charge in [0.05, 0.1) is 10.8 Å². The molecule has 0 radical (unpaired) electrons. The van der Waals surface area contributed by atoms with Crippen molar-refractivity contribution in [3.8, 4) is 0 Å². The normalized spacial score (nSPS) is 15.1. The molecule has 1 aromatic carbocycles. The highest BCUT2D eigenvalue weighted by atomic mass is 35.5. The van der Waals surface area contributed by atoms with Gasteiger partial charge >= 0.3 is 0 Å². The van der Waals surface area contributed by atoms with Crippen LogP contribution in [0.1, 0.15) is 30.2 Å². The van der Waals surface area contributed by atoms with Crippen LogP contribution in [-0.2, 0) is 15.8 Å². The Morgan fingerprint density at radius 3 is 2.86 bits per heavy atom. The van der Waals surface area contributed by atoms with Gasteiger partial charge in [0.2, 0.25) is 15.9 Å². The zero-order valence-corrected chi connectivity index (χ0v) is 12.3. The van der Waals surface area contributed by atoms with Crippen molar-refractivity contribution in [2.24, 2.45) is 0 Å². The van der Waals surface area contributed by atoms with Crippen LogP contribution in [0.2, 0.25) is 5.02 Å². The number of nitrogens with zero attached hydrogens (tertiary/aromatic N) is 2. The SMILES string of the molecule is O=S(=O)(Cc1ccc(F)c(Cl)c1)Nc1noc(C2CC2)n1. The summed E-state index contributed by atoms with van der Waals surface area (Å²) < 4.78 is 44.2. The van der Waals surface area contributed by atoms with Crippen molar-refractivity contribution in [3.63, 3.8) is 0 Å². The molecule has 1 heterocycles. The Morgan fingerprint density at radius 2 is 2.19 bits per heavy atom. The second-order valence-electron chi connectivity index (χ2n) is 4.84. The van der Waals surface area contributed by atoms with E-state index in [0.29, 0.717) is 11.5 Å². The number of sulfonamides is 1. The topological polar surface area (TPSA) is 85.1 Å². The monoisotopic (exact) mass is 331 g/mol. The van der Waals surface area contributed by atoms with Crippen LogP contribution in [-0.4, -0.2) is 18.6 Å². The van der Waals surface area contributed by atoms with Crippen molar-refractivity contribution in [1.82, 2.24) is 10.1 Å². The molecule has 1 aromatic heterocycles. The van der Waals surface area contributed by atoms with E-state index in [9.17, 15) is 12.8 Å². The van der Waals surface area contributed by atoms with Gasteiger partial charge in [-0.3, -0.25) is 0 Å². The van der Waals surface area contributed by atoms with Crippen LogP contribution in [0.5, 0.6) is 0 Å². The van der Waals surface area contributed by atoms with Gasteiger partial charge in [-0.15, -0.1) is 0 Å². The Bertz CT molecular complexity index is 774. The third-order valence-corrected chi connectivity index (χ3v) is 4.45. The van der Waals surface area contributed by atoms with Crippen LogP contribution in [0.15, 0.2) is 22.7 Å². The Morgan fingerprint density at radius 1 is 1.43 bits per heavy atom. The molecule has 112 valence electrons. The quantitative estimate of drug-likeness (QED) is 0.910. The molecular formula is C12H11ClFN3O3S. The fraction of sp³-hybridized carbons (Fsp3) is 0.333. The third-order valence-electron chi connectivity index (χ3n) is 2.96. The summed E-state index contributed by atoms with van der Waals surface area (Å²) in [5.74, 6) is -0.368. The van der Waals surface area contributed by atoms with Gasteiger partial charge in [0.1, 0.15) is 5.82 Å². The van der Waals surface area contributed by atoms with Gasteiger partial charge in [-0.1, -0.05) is 17.7 Å². The molecule has 0 amide bonds. The minimum atomic E-state index is -3.73. The van der Waals surface area contributed by atoms with Crippen LogP contribution >= 0.6 is 11.6 Å². The van der Waals surface area contributed by atoms with E-state index in [2.05, 4.69) is 14.9 Å². The number of halogens is 2. The molecule has 1 aliphatic carbocycles. The van der Waals surface area contributed by atoms with E-state index in [1.54, 1.807) is 0 Å². The summed E-state index contributed by atoms with van der Waals surface area (Å²) in [6, 6.07) is 3.74. The summed E-state index contributed by atoms with van der Waals surface area (Å²) in [5.41, 5.74) is 0.361. The summed E-state index contributed by atoms with van der Waals surface area (Å²) in [4.78, 5) is 3.98. The standard InChI is InChI=1S/C12H11ClFN3O3S/c13-9-5-7(1-4-10(9)14)6-21(18,19)17-12-15-11(20-16-12)8-2-3-8/h1,4-5,8H,2-3,6H2,(H,16,17). The zero-order valence-electron chi connectivity index (χ0n) is 10.7. The lowest BCUT2D eigenvalue weighted by Crippen LogP contribution is -2.16. The molecule has 0 atom stereocenters. The molecule has 1 saturated carbocycles. The van der Waals surface area contributed by atoms with Gasteiger partial charge in [-0.05, 0) is 35.7 Å². The predicted octanol–water partition coefficient (Wildman–Crippen LogP) is 2.68. The summed E-state index contributed by atoms with van der Waals surface area (Å²) in [6.07, 6.45) is 1.95. The highest BCUT2D eigenvalue weighted by Gasteiger charge is 2.30. The van der Waals surface area contributed by atoms with Gasteiger partial charge in [0.15, 0.2) is 0 Å². The van der Waals surface area contributed by atoms with E-state index >= 15 is 0 Å². The average Bonchev–Trinajstić information content (AvgIpc) is 3.15. The van der Waals surface area contributed by atoms with Crippen LogP contribution in [0, 0.1) is 5.82 Å². The molecule has 0 aliphatic heterocycles. The number of nitrogens with one attached hydrogen (secondary N) is 1. The van der Waals surface area contributed by atoms with Gasteiger partial charge in [-0.2, -0.15) is 4.98 Å². The first-order chi connectivity index (χ1) is 9.93. The minimum Gasteiger partial charge on any atom is -0.337 e. The fourth-order valence-electron chi connectivity index (χ4n) is 1.80. The van der Waals surface area contributed by atoms with E-state index in [-0.39, 0.29) is 22.6 Å². The Labute approximate surface area is 125 Å². The third kappa shape index (κ3) is 3.51. The van der Waals surface area contributed by atoms with Crippen LogP contribution in [0.4, 0.5) is 10.3 Å². The molecule has 1 N–H and O–H groups in total. The lowest BCUT2D eigenvalue weighted by Gasteiger charge is -2.05. The Hall–Kier alpha value is -1.67. The number of anilines is 1. The van der Waals surface area contributed by atoms with Crippen molar-refractivity contribution in [1.29, 1.82) is 0 Å². The molecule has 0 spiro atoms. The number of benzene rings is 1. The van der Waals surface area contributed by atoms with Crippen molar-refractivity contribution in [3.05, 3.63) is 40.5 Å². The van der Waals surface area contributed by atoms with E-state index < -0.39 is 15.8 Å². The van der Waals surface area contributed by atoms with Crippen molar-refractivity contribution in [2.45, 2.75) is 24.5 Å². The smallest absolute Gasteiger partial charge is 0.277 e. The molecule has 2 aromatic rings. The fourth-order valence-corrected chi connectivity index (χ4v) is 3.05. The maximum atomic E-state index is 13.0. The van der Waals surface area contributed by atoms with Crippen LogP contribution in [0.3, 0.4) is 0 Å². The highest BCUT2D eigenvalue weighted by Crippen LogP contribution is 2.39. The molecule has 0 unspecified atom stereocenters. The maximum Gasteiger partial charge on any atom is 0.277 e. The second kappa shape index (κ2) is 5.27. The van der Waals surface area contributed by atoms with Crippen molar-refractivity contribution >= 4 is 27.6 Å². The molecule has 1 aliphatic rings. The summed E-state index contributed by atoms with van der Waals surface area (Å²) in [7, 11) is -3.73. The highest BCUT2D eigenvalue weighted by molar-refractivity contribution is 7.91. The van der Waals surface area contributed by atoms with Gasteiger partial charge < -0.3 is 4.52 Å². The molecule has 3 rings (SSSR count). The minimum absolute atomic E-state index is 0.0925. The molecule has 9 heteroatoms. The molecular weight excluding hydrogens is 321 g/mol. The number of hydrogen-bond acceptors (Lipinski definition) is 5. The van der Waals surface area contributed by atoms with E-state index in [1.165, 1.54) is 12.1 Å². The molecule has 0 saturated heterocycles. The van der Waals surface area contributed by atoms with Crippen LogP contribution in [0.25, 0.3) is 0 Å². The number of hydrogen-bond donors (Lipinski definition) is 1. The molecule has 0 bridgehead atoms. The number of rotatable bonds is 5. The van der Waals surface area contributed by atoms with E-state index in [4.69, 9.17) is 16.1 Å². The molecule has 1 fully saturated rings. The Kier molecular flexibility index (Phi) is 3.58. The second-order valence-corrected chi connectivity index (χ2v) is 6.97.